The van der Waals surface area contributed by atoms with Gasteiger partial charge in [-0.3, -0.25) is 9.47 Å². The van der Waals surface area contributed by atoms with E-state index >= 15 is 0 Å². The normalized spacial score (nSPS) is 20.5. The fourth-order valence-electron chi connectivity index (χ4n) is 3.06. The van der Waals surface area contributed by atoms with E-state index in [1.54, 1.807) is 0 Å². The summed E-state index contributed by atoms with van der Waals surface area (Å²) in [5, 5.41) is 0. The molecule has 1 aliphatic rings. The number of nitrogens with zero attached hydrogens (tertiary/aromatic N) is 2. The van der Waals surface area contributed by atoms with Crippen LogP contribution in [0.5, 0.6) is 0 Å². The summed E-state index contributed by atoms with van der Waals surface area (Å²) in [6.07, 6.45) is -2.86. The van der Waals surface area contributed by atoms with E-state index < -0.39 is 11.7 Å². The van der Waals surface area contributed by atoms with Gasteiger partial charge in [-0.2, -0.15) is 13.2 Å². The lowest BCUT2D eigenvalue weighted by atomic mass is 10.2. The van der Waals surface area contributed by atoms with E-state index in [1.807, 2.05) is 6.92 Å². The molecule has 1 saturated heterocycles. The first kappa shape index (κ1) is 14.2. The predicted molar refractivity (Wildman–Crippen MR) is 73.1 cm³/mol. The fourth-order valence-corrected chi connectivity index (χ4v) is 3.06. The van der Waals surface area contributed by atoms with Crippen molar-refractivity contribution in [3.8, 4) is 0 Å². The lowest BCUT2D eigenvalue weighted by Gasteiger charge is -2.24. The van der Waals surface area contributed by atoms with Crippen LogP contribution in [0.1, 0.15) is 31.5 Å². The Morgan fingerprint density at radius 2 is 2.14 bits per heavy atom. The maximum Gasteiger partial charge on any atom is 0.416 e. The van der Waals surface area contributed by atoms with Gasteiger partial charge < -0.3 is 4.98 Å². The Morgan fingerprint density at radius 3 is 2.81 bits per heavy atom. The second-order valence-electron chi connectivity index (χ2n) is 5.28. The molecule has 0 saturated carbocycles. The lowest BCUT2D eigenvalue weighted by molar-refractivity contribution is -0.137. The molecule has 2 aromatic rings. The minimum atomic E-state index is -4.41. The third-order valence-corrected chi connectivity index (χ3v) is 4.08. The van der Waals surface area contributed by atoms with Gasteiger partial charge in [0, 0.05) is 6.54 Å². The van der Waals surface area contributed by atoms with Crippen LogP contribution >= 0.6 is 0 Å². The highest BCUT2D eigenvalue weighted by Crippen LogP contribution is 2.33. The second-order valence-corrected chi connectivity index (χ2v) is 5.28. The van der Waals surface area contributed by atoms with Crippen molar-refractivity contribution in [1.29, 1.82) is 0 Å². The van der Waals surface area contributed by atoms with Gasteiger partial charge in [-0.05, 0) is 37.6 Å². The van der Waals surface area contributed by atoms with Gasteiger partial charge in [0.05, 0.1) is 22.8 Å². The molecule has 4 nitrogen and oxygen atoms in total. The molecule has 1 aromatic carbocycles. The van der Waals surface area contributed by atoms with Gasteiger partial charge >= 0.3 is 11.9 Å². The number of hydrogen-bond acceptors (Lipinski definition) is 2. The molecule has 0 radical (unpaired) electrons. The first-order valence-corrected chi connectivity index (χ1v) is 6.97. The Morgan fingerprint density at radius 1 is 1.38 bits per heavy atom. The van der Waals surface area contributed by atoms with E-state index in [0.29, 0.717) is 11.0 Å². The molecule has 0 spiro atoms. The molecule has 21 heavy (non-hydrogen) atoms. The summed E-state index contributed by atoms with van der Waals surface area (Å²) in [4.78, 5) is 16.9. The van der Waals surface area contributed by atoms with E-state index in [0.717, 1.165) is 38.1 Å². The molecule has 1 atom stereocenters. The van der Waals surface area contributed by atoms with Gasteiger partial charge in [-0.1, -0.05) is 6.92 Å². The van der Waals surface area contributed by atoms with Gasteiger partial charge in [0.1, 0.15) is 0 Å². The number of fused-ring (bicyclic) bond motifs is 1. The first-order valence-electron chi connectivity index (χ1n) is 6.97. The number of halogens is 3. The van der Waals surface area contributed by atoms with Crippen molar-refractivity contribution < 1.29 is 13.2 Å². The van der Waals surface area contributed by atoms with Gasteiger partial charge in [0.25, 0.3) is 0 Å². The van der Waals surface area contributed by atoms with E-state index in [9.17, 15) is 18.0 Å². The third-order valence-electron chi connectivity index (χ3n) is 4.08. The molecule has 0 aliphatic carbocycles. The number of H-pyrrole nitrogens is 1. The predicted octanol–water partition coefficient (Wildman–Crippen LogP) is 2.96. The van der Waals surface area contributed by atoms with Crippen molar-refractivity contribution in [3.63, 3.8) is 0 Å². The Bertz CT molecular complexity index is 716. The monoisotopic (exact) mass is 299 g/mol. The van der Waals surface area contributed by atoms with Crippen molar-refractivity contribution >= 4 is 11.0 Å². The number of imidazole rings is 1. The van der Waals surface area contributed by atoms with Gasteiger partial charge in [0.2, 0.25) is 0 Å². The molecular weight excluding hydrogens is 283 g/mol. The third kappa shape index (κ3) is 2.35. The van der Waals surface area contributed by atoms with Crippen molar-refractivity contribution in [2.45, 2.75) is 32.1 Å². The van der Waals surface area contributed by atoms with Crippen LogP contribution in [-0.4, -0.2) is 27.5 Å². The topological polar surface area (TPSA) is 41.0 Å². The molecular formula is C14H16F3N3O. The molecule has 1 aliphatic heterocycles. The summed E-state index contributed by atoms with van der Waals surface area (Å²) < 4.78 is 40.1. The molecule has 1 fully saturated rings. The summed E-state index contributed by atoms with van der Waals surface area (Å²) in [6, 6.07) is 3.37. The maximum atomic E-state index is 12.9. The molecule has 2 heterocycles. The molecule has 1 N–H and O–H groups in total. The first-order chi connectivity index (χ1) is 9.91. The number of benzene rings is 1. The maximum absolute atomic E-state index is 12.9. The average Bonchev–Trinajstić information content (AvgIpc) is 2.98. The number of nitrogens with one attached hydrogen (secondary N) is 1. The molecule has 7 heteroatoms. The van der Waals surface area contributed by atoms with Crippen LogP contribution in [-0.2, 0) is 6.18 Å². The molecule has 1 unspecified atom stereocenters. The summed E-state index contributed by atoms with van der Waals surface area (Å²) in [5.41, 5.74) is -0.324. The fraction of sp³-hybridized carbons (Fsp3) is 0.500. The lowest BCUT2D eigenvalue weighted by Crippen LogP contribution is -2.32. The van der Waals surface area contributed by atoms with Crippen LogP contribution in [0.4, 0.5) is 13.2 Å². The average molecular weight is 299 g/mol. The molecule has 0 bridgehead atoms. The van der Waals surface area contributed by atoms with Gasteiger partial charge in [0.15, 0.2) is 0 Å². The number of likely N-dealkylation sites (tertiary alicyclic amines) is 1. The Balaban J connectivity index is 2.17. The highest BCUT2D eigenvalue weighted by Gasteiger charge is 2.32. The Kier molecular flexibility index (Phi) is 3.32. The van der Waals surface area contributed by atoms with Crippen molar-refractivity contribution in [3.05, 3.63) is 34.2 Å². The number of alkyl halides is 3. The minimum Gasteiger partial charge on any atom is -0.305 e. The summed E-state index contributed by atoms with van der Waals surface area (Å²) in [7, 11) is 0. The standard InChI is InChI=1S/C14H16F3N3O/c1-2-19-7-3-4-12(19)20-11-8-9(14(15,16)17)5-6-10(11)18-13(20)21/h5-6,8,12H,2-4,7H2,1H3,(H,18,21). The van der Waals surface area contributed by atoms with Crippen LogP contribution in [0.3, 0.4) is 0 Å². The minimum absolute atomic E-state index is 0.167. The van der Waals surface area contributed by atoms with Crippen LogP contribution in [0, 0.1) is 0 Å². The highest BCUT2D eigenvalue weighted by molar-refractivity contribution is 5.76. The summed E-state index contributed by atoms with van der Waals surface area (Å²) in [6.45, 7) is 3.61. The molecule has 114 valence electrons. The zero-order valence-corrected chi connectivity index (χ0v) is 11.6. The van der Waals surface area contributed by atoms with Crippen molar-refractivity contribution in [2.24, 2.45) is 0 Å². The van der Waals surface area contributed by atoms with Crippen LogP contribution in [0.2, 0.25) is 0 Å². The largest absolute Gasteiger partial charge is 0.416 e. The number of hydrogen-bond donors (Lipinski definition) is 1. The Labute approximate surface area is 119 Å². The van der Waals surface area contributed by atoms with E-state index in [1.165, 1.54) is 10.6 Å². The SMILES string of the molecule is CCN1CCCC1n1c(=O)[nH]c2ccc(C(F)(F)F)cc21. The second kappa shape index (κ2) is 4.91. The summed E-state index contributed by atoms with van der Waals surface area (Å²) in [5.74, 6) is 0. The Hall–Kier alpha value is -1.76. The van der Waals surface area contributed by atoms with E-state index in [-0.39, 0.29) is 11.9 Å². The number of rotatable bonds is 2. The smallest absolute Gasteiger partial charge is 0.305 e. The molecule has 1 aromatic heterocycles. The van der Waals surface area contributed by atoms with E-state index in [2.05, 4.69) is 9.88 Å². The number of aromatic amines is 1. The van der Waals surface area contributed by atoms with Crippen LogP contribution in [0.15, 0.2) is 23.0 Å². The van der Waals surface area contributed by atoms with Crippen molar-refractivity contribution in [2.75, 3.05) is 13.1 Å². The van der Waals surface area contributed by atoms with E-state index in [4.69, 9.17) is 0 Å². The summed E-state index contributed by atoms with van der Waals surface area (Å²) >= 11 is 0. The number of aromatic nitrogens is 2. The van der Waals surface area contributed by atoms with Gasteiger partial charge in [-0.25, -0.2) is 4.79 Å². The highest BCUT2D eigenvalue weighted by atomic mass is 19.4. The quantitative estimate of drug-likeness (QED) is 0.926. The molecule has 0 amide bonds. The zero-order chi connectivity index (χ0) is 15.2. The van der Waals surface area contributed by atoms with Crippen LogP contribution < -0.4 is 5.69 Å². The van der Waals surface area contributed by atoms with Crippen molar-refractivity contribution in [1.82, 2.24) is 14.5 Å². The van der Waals surface area contributed by atoms with Crippen LogP contribution in [0.25, 0.3) is 11.0 Å². The molecule has 3 rings (SSSR count). The van der Waals surface area contributed by atoms with Gasteiger partial charge in [-0.15, -0.1) is 0 Å². The zero-order valence-electron chi connectivity index (χ0n) is 11.6.